The van der Waals surface area contributed by atoms with Gasteiger partial charge in [-0.25, -0.2) is 4.98 Å². The first-order valence-corrected chi connectivity index (χ1v) is 10.6. The lowest BCUT2D eigenvalue weighted by Crippen LogP contribution is -2.33. The maximum atomic E-state index is 12.8. The van der Waals surface area contributed by atoms with Gasteiger partial charge in [-0.15, -0.1) is 11.3 Å². The van der Waals surface area contributed by atoms with Crippen molar-refractivity contribution in [3.8, 4) is 0 Å². The van der Waals surface area contributed by atoms with E-state index in [2.05, 4.69) is 21.4 Å². The van der Waals surface area contributed by atoms with Crippen molar-refractivity contribution in [3.05, 3.63) is 53.3 Å². The minimum Gasteiger partial charge on any atom is -0.379 e. The number of likely N-dealkylation sites (tertiary alicyclic amines) is 1. The number of carbonyl (C=O) groups is 1. The highest BCUT2D eigenvalue weighted by molar-refractivity contribution is 7.16. The van der Waals surface area contributed by atoms with Crippen molar-refractivity contribution in [2.75, 3.05) is 18.4 Å². The number of fused-ring (bicyclic) bond motifs is 2. The fourth-order valence-electron chi connectivity index (χ4n) is 4.53. The average Bonchev–Trinajstić information content (AvgIpc) is 3.44. The van der Waals surface area contributed by atoms with E-state index in [1.165, 1.54) is 0 Å². The van der Waals surface area contributed by atoms with Crippen molar-refractivity contribution in [3.63, 3.8) is 0 Å². The van der Waals surface area contributed by atoms with Gasteiger partial charge in [0, 0.05) is 42.6 Å². The van der Waals surface area contributed by atoms with Crippen LogP contribution in [0, 0.1) is 11.8 Å². The van der Waals surface area contributed by atoms with Crippen LogP contribution in [0.5, 0.6) is 0 Å². The van der Waals surface area contributed by atoms with E-state index in [4.69, 9.17) is 5.73 Å². The normalized spacial score (nSPS) is 23.9. The third-order valence-electron chi connectivity index (χ3n) is 6.10. The first-order chi connectivity index (χ1) is 13.7. The van der Waals surface area contributed by atoms with E-state index in [1.54, 1.807) is 17.5 Å². The number of hydrogen-bond donors (Lipinski definition) is 2. The number of nitrogens with two attached hydrogens (primary N) is 1. The molecule has 3 aromatic heterocycles. The van der Waals surface area contributed by atoms with Gasteiger partial charge in [0.1, 0.15) is 4.83 Å². The second-order valence-corrected chi connectivity index (χ2v) is 8.66. The summed E-state index contributed by atoms with van der Waals surface area (Å²) in [5, 5.41) is 6.59. The quantitative estimate of drug-likeness (QED) is 0.711. The molecule has 3 unspecified atom stereocenters. The zero-order valence-corrected chi connectivity index (χ0v) is 16.4. The standard InChI is InChI=1S/C21H23N5OS/c22-18-4-2-14-11-26(12-17(14)18)21(27)13-1-3-15(24-9-13)10-25-19-5-7-23-20-16(19)6-8-28-20/h1,3,5-9,14,17-18H,2,4,10-12,22H2,(H,23,25). The molecule has 0 spiro atoms. The highest BCUT2D eigenvalue weighted by Gasteiger charge is 2.42. The van der Waals surface area contributed by atoms with Gasteiger partial charge in [-0.3, -0.25) is 9.78 Å². The molecule has 1 saturated carbocycles. The maximum absolute atomic E-state index is 12.8. The number of thiophene rings is 1. The van der Waals surface area contributed by atoms with Gasteiger partial charge in [-0.1, -0.05) is 0 Å². The predicted molar refractivity (Wildman–Crippen MR) is 111 cm³/mol. The van der Waals surface area contributed by atoms with Gasteiger partial charge in [0.2, 0.25) is 0 Å². The van der Waals surface area contributed by atoms with Gasteiger partial charge in [0.25, 0.3) is 5.91 Å². The Bertz CT molecular complexity index is 1000. The monoisotopic (exact) mass is 393 g/mol. The second-order valence-electron chi connectivity index (χ2n) is 7.76. The Morgan fingerprint density at radius 3 is 2.96 bits per heavy atom. The van der Waals surface area contributed by atoms with Gasteiger partial charge >= 0.3 is 0 Å². The molecule has 1 aliphatic carbocycles. The Balaban J connectivity index is 1.23. The molecule has 6 nitrogen and oxygen atoms in total. The van der Waals surface area contributed by atoms with Crippen LogP contribution in [0.2, 0.25) is 0 Å². The minimum absolute atomic E-state index is 0.0720. The molecular weight excluding hydrogens is 370 g/mol. The van der Waals surface area contributed by atoms with E-state index in [1.807, 2.05) is 34.7 Å². The molecule has 3 atom stereocenters. The Kier molecular flexibility index (Phi) is 4.49. The smallest absolute Gasteiger partial charge is 0.255 e. The summed E-state index contributed by atoms with van der Waals surface area (Å²) in [4.78, 5) is 24.6. The van der Waals surface area contributed by atoms with E-state index in [0.29, 0.717) is 23.9 Å². The molecule has 4 heterocycles. The van der Waals surface area contributed by atoms with Crippen LogP contribution in [0.25, 0.3) is 10.2 Å². The first kappa shape index (κ1) is 17.6. The van der Waals surface area contributed by atoms with Gasteiger partial charge in [-0.05, 0) is 54.3 Å². The van der Waals surface area contributed by atoms with E-state index < -0.39 is 0 Å². The lowest BCUT2D eigenvalue weighted by molar-refractivity contribution is 0.0779. The molecule has 3 N–H and O–H groups in total. The number of anilines is 1. The maximum Gasteiger partial charge on any atom is 0.255 e. The van der Waals surface area contributed by atoms with Crippen LogP contribution in [0.1, 0.15) is 28.9 Å². The van der Waals surface area contributed by atoms with Gasteiger partial charge in [0.05, 0.1) is 17.8 Å². The van der Waals surface area contributed by atoms with Crippen LogP contribution in [-0.4, -0.2) is 39.9 Å². The molecule has 0 radical (unpaired) electrons. The number of carbonyl (C=O) groups excluding carboxylic acids is 1. The van der Waals surface area contributed by atoms with Crippen LogP contribution in [-0.2, 0) is 6.54 Å². The lowest BCUT2D eigenvalue weighted by atomic mass is 9.98. The first-order valence-electron chi connectivity index (χ1n) is 9.75. The zero-order valence-electron chi connectivity index (χ0n) is 15.5. The summed E-state index contributed by atoms with van der Waals surface area (Å²) in [5.41, 5.74) is 8.79. The average molecular weight is 394 g/mol. The summed E-state index contributed by atoms with van der Waals surface area (Å²) in [6, 6.07) is 8.10. The van der Waals surface area contributed by atoms with E-state index in [9.17, 15) is 4.79 Å². The molecule has 7 heteroatoms. The van der Waals surface area contributed by atoms with Crippen molar-refractivity contribution < 1.29 is 4.79 Å². The number of amides is 1. The van der Waals surface area contributed by atoms with Crippen molar-refractivity contribution in [1.29, 1.82) is 0 Å². The molecule has 0 bridgehead atoms. The fraction of sp³-hybridized carbons (Fsp3) is 0.381. The summed E-state index contributed by atoms with van der Waals surface area (Å²) >= 11 is 1.63. The van der Waals surface area contributed by atoms with Crippen LogP contribution in [0.4, 0.5) is 5.69 Å². The Hall–Kier alpha value is -2.51. The molecule has 2 fully saturated rings. The van der Waals surface area contributed by atoms with E-state index >= 15 is 0 Å². The Morgan fingerprint density at radius 2 is 2.14 bits per heavy atom. The van der Waals surface area contributed by atoms with Crippen molar-refractivity contribution in [2.45, 2.75) is 25.4 Å². The second kappa shape index (κ2) is 7.14. The zero-order chi connectivity index (χ0) is 19.1. The molecule has 5 rings (SSSR count). The van der Waals surface area contributed by atoms with Crippen LogP contribution >= 0.6 is 11.3 Å². The van der Waals surface area contributed by atoms with Gasteiger partial charge in [0.15, 0.2) is 0 Å². The van der Waals surface area contributed by atoms with Gasteiger partial charge in [-0.2, -0.15) is 0 Å². The summed E-state index contributed by atoms with van der Waals surface area (Å²) in [6.45, 7) is 2.22. The van der Waals surface area contributed by atoms with Crippen LogP contribution in [0.15, 0.2) is 42.0 Å². The number of aromatic nitrogens is 2. The highest BCUT2D eigenvalue weighted by Crippen LogP contribution is 2.37. The number of nitrogens with one attached hydrogen (secondary N) is 1. The highest BCUT2D eigenvalue weighted by atomic mass is 32.1. The Labute approximate surface area is 167 Å². The summed E-state index contributed by atoms with van der Waals surface area (Å²) in [6.07, 6.45) is 5.74. The minimum atomic E-state index is 0.0720. The predicted octanol–water partition coefficient (Wildman–Crippen LogP) is 3.11. The third kappa shape index (κ3) is 3.14. The number of rotatable bonds is 4. The van der Waals surface area contributed by atoms with Crippen LogP contribution in [0.3, 0.4) is 0 Å². The number of nitrogens with zero attached hydrogens (tertiary/aromatic N) is 3. The SMILES string of the molecule is NC1CCC2CN(C(=O)c3ccc(CNc4ccnc5sccc45)nc3)CC12. The number of pyridine rings is 2. The third-order valence-corrected chi connectivity index (χ3v) is 6.92. The largest absolute Gasteiger partial charge is 0.379 e. The molecule has 28 heavy (non-hydrogen) atoms. The molecular formula is C21H23N5OS. The van der Waals surface area contributed by atoms with Crippen molar-refractivity contribution in [2.24, 2.45) is 17.6 Å². The van der Waals surface area contributed by atoms with Crippen LogP contribution < -0.4 is 11.1 Å². The number of hydrogen-bond acceptors (Lipinski definition) is 6. The fourth-order valence-corrected chi connectivity index (χ4v) is 5.29. The molecule has 2 aliphatic rings. The molecule has 0 aromatic carbocycles. The van der Waals surface area contributed by atoms with Gasteiger partial charge < -0.3 is 16.0 Å². The van der Waals surface area contributed by atoms with E-state index in [-0.39, 0.29) is 11.9 Å². The Morgan fingerprint density at radius 1 is 1.21 bits per heavy atom. The molecule has 1 aliphatic heterocycles. The summed E-state index contributed by atoms with van der Waals surface area (Å²) in [5.74, 6) is 1.11. The van der Waals surface area contributed by atoms with E-state index in [0.717, 1.165) is 47.5 Å². The molecule has 3 aromatic rings. The molecule has 1 amide bonds. The molecule has 144 valence electrons. The topological polar surface area (TPSA) is 84.1 Å². The van der Waals surface area contributed by atoms with Crippen molar-refractivity contribution >= 4 is 33.1 Å². The summed E-state index contributed by atoms with van der Waals surface area (Å²) in [7, 11) is 0. The van der Waals surface area contributed by atoms with Crippen molar-refractivity contribution in [1.82, 2.24) is 14.9 Å². The molecule has 1 saturated heterocycles. The summed E-state index contributed by atoms with van der Waals surface area (Å²) < 4.78 is 0. The lowest BCUT2D eigenvalue weighted by Gasteiger charge is -2.18.